The SMILES string of the molecule is CCC[CH2][Al]([CH3])[CH2]CCC.Cl. The molecule has 0 aromatic carbocycles. The topological polar surface area (TPSA) is 0 Å². The van der Waals surface area contributed by atoms with Crippen molar-refractivity contribution in [2.24, 2.45) is 0 Å². The molecule has 0 atom stereocenters. The Bertz CT molecular complexity index is 58.6. The lowest BCUT2D eigenvalue weighted by Crippen LogP contribution is -2.04. The Labute approximate surface area is 82.6 Å². The molecule has 0 saturated heterocycles. The third-order valence-electron chi connectivity index (χ3n) is 2.10. The second-order valence-corrected chi connectivity index (χ2v) is 6.75. The molecule has 68 valence electrons. The fraction of sp³-hybridized carbons (Fsp3) is 1.00. The predicted molar refractivity (Wildman–Crippen MR) is 58.3 cm³/mol. The van der Waals surface area contributed by atoms with E-state index in [0.717, 1.165) is 0 Å². The van der Waals surface area contributed by atoms with Gasteiger partial charge in [0, 0.05) is 0 Å². The maximum atomic E-state index is 2.52. The fourth-order valence-corrected chi connectivity index (χ4v) is 3.75. The molecule has 0 unspecified atom stereocenters. The molecule has 2 heteroatoms. The number of halogens is 1. The maximum absolute atomic E-state index is 2.52. The monoisotopic (exact) mass is 192 g/mol. The average Bonchev–Trinajstić information content (AvgIpc) is 1.97. The summed E-state index contributed by atoms with van der Waals surface area (Å²) in [7, 11) is 0. The second kappa shape index (κ2) is 10.8. The van der Waals surface area contributed by atoms with Gasteiger partial charge in [-0.15, -0.1) is 18.2 Å². The summed E-state index contributed by atoms with van der Waals surface area (Å²) in [6, 6.07) is 0. The maximum Gasteiger partial charge on any atom is 0.258 e. The summed E-state index contributed by atoms with van der Waals surface area (Å²) in [5.41, 5.74) is 0. The van der Waals surface area contributed by atoms with Crippen LogP contribution in [0.5, 0.6) is 0 Å². The zero-order chi connectivity index (χ0) is 7.82. The first-order chi connectivity index (χ1) is 4.81. The molecule has 0 nitrogen and oxygen atoms in total. The van der Waals surface area contributed by atoms with Gasteiger partial charge in [-0.1, -0.05) is 50.1 Å². The third kappa shape index (κ3) is 10.8. The average molecular weight is 193 g/mol. The molecule has 0 aromatic rings. The summed E-state index contributed by atoms with van der Waals surface area (Å²) in [6.45, 7) is 4.59. The Morgan fingerprint density at radius 1 is 0.909 bits per heavy atom. The molecule has 0 radical (unpaired) electrons. The predicted octanol–water partition coefficient (Wildman–Crippen LogP) is 4.13. The highest BCUT2D eigenvalue weighted by Gasteiger charge is 2.06. The molecule has 0 aromatic heterocycles. The van der Waals surface area contributed by atoms with Crippen molar-refractivity contribution in [1.29, 1.82) is 0 Å². The zero-order valence-corrected chi connectivity index (χ0v) is 10.2. The van der Waals surface area contributed by atoms with E-state index in [4.69, 9.17) is 0 Å². The molecular weight excluding hydrogens is 171 g/mol. The first kappa shape index (κ1) is 14.4. The van der Waals surface area contributed by atoms with E-state index in [9.17, 15) is 0 Å². The Morgan fingerprint density at radius 3 is 1.55 bits per heavy atom. The van der Waals surface area contributed by atoms with Crippen molar-refractivity contribution in [3.63, 3.8) is 0 Å². The highest BCUT2D eigenvalue weighted by atomic mass is 35.5. The van der Waals surface area contributed by atoms with Gasteiger partial charge in [0.1, 0.15) is 0 Å². The molecule has 0 N–H and O–H groups in total. The number of unbranched alkanes of at least 4 members (excludes halogenated alkanes) is 2. The van der Waals surface area contributed by atoms with Gasteiger partial charge in [0.05, 0.1) is 0 Å². The van der Waals surface area contributed by atoms with Crippen molar-refractivity contribution in [3.05, 3.63) is 0 Å². The van der Waals surface area contributed by atoms with E-state index in [1.165, 1.54) is 25.7 Å². The summed E-state index contributed by atoms with van der Waals surface area (Å²) >= 11 is -0.237. The smallest absolute Gasteiger partial charge is 0.147 e. The van der Waals surface area contributed by atoms with Crippen LogP contribution in [-0.4, -0.2) is 14.1 Å². The molecule has 11 heavy (non-hydrogen) atoms. The van der Waals surface area contributed by atoms with Crippen LogP contribution in [0.15, 0.2) is 0 Å². The van der Waals surface area contributed by atoms with E-state index in [1.807, 2.05) is 0 Å². The molecule has 0 aliphatic rings. The highest BCUT2D eigenvalue weighted by Crippen LogP contribution is 2.08. The molecule has 0 rings (SSSR count). The molecule has 0 spiro atoms. The lowest BCUT2D eigenvalue weighted by Gasteiger charge is -2.02. The molecule has 0 aliphatic heterocycles. The van der Waals surface area contributed by atoms with Crippen LogP contribution in [0.25, 0.3) is 0 Å². The van der Waals surface area contributed by atoms with E-state index in [-0.39, 0.29) is 26.6 Å². The van der Waals surface area contributed by atoms with Crippen molar-refractivity contribution < 1.29 is 0 Å². The van der Waals surface area contributed by atoms with Crippen LogP contribution in [0, 0.1) is 0 Å². The summed E-state index contributed by atoms with van der Waals surface area (Å²) in [6.07, 6.45) is 5.75. The van der Waals surface area contributed by atoms with E-state index < -0.39 is 0 Å². The number of rotatable bonds is 6. The Hall–Kier alpha value is 0.822. The normalized spacial score (nSPS) is 9.00. The van der Waals surface area contributed by atoms with Crippen LogP contribution in [0.4, 0.5) is 0 Å². The Morgan fingerprint density at radius 2 is 1.27 bits per heavy atom. The molecule has 0 amide bonds. The van der Waals surface area contributed by atoms with Gasteiger partial charge in [0.2, 0.25) is 0 Å². The lowest BCUT2D eigenvalue weighted by molar-refractivity contribution is 0.842. The summed E-state index contributed by atoms with van der Waals surface area (Å²) in [5, 5.41) is 3.16. The van der Waals surface area contributed by atoms with Crippen molar-refractivity contribution in [1.82, 2.24) is 0 Å². The van der Waals surface area contributed by atoms with E-state index in [1.54, 1.807) is 10.6 Å². The van der Waals surface area contributed by atoms with Crippen molar-refractivity contribution >= 4 is 26.6 Å². The van der Waals surface area contributed by atoms with Crippen LogP contribution in [0.3, 0.4) is 0 Å². The minimum atomic E-state index is -0.237. The van der Waals surface area contributed by atoms with Gasteiger partial charge in [-0.2, -0.15) is 0 Å². The Kier molecular flexibility index (Phi) is 14.1. The summed E-state index contributed by atoms with van der Waals surface area (Å²) in [5.74, 6) is 2.52. The summed E-state index contributed by atoms with van der Waals surface area (Å²) < 4.78 is 0. The quantitative estimate of drug-likeness (QED) is 0.555. The van der Waals surface area contributed by atoms with Crippen molar-refractivity contribution in [2.45, 2.75) is 55.9 Å². The standard InChI is InChI=1S/2C4H9.CH3.Al.ClH/c2*1-3-4-2;;;/h2*1,3-4H2,2H3;1H3;;1H. The van der Waals surface area contributed by atoms with Gasteiger partial charge >= 0.3 is 0 Å². The van der Waals surface area contributed by atoms with E-state index in [0.29, 0.717) is 0 Å². The minimum Gasteiger partial charge on any atom is -0.147 e. The first-order valence-electron chi connectivity index (χ1n) is 4.81. The van der Waals surface area contributed by atoms with Crippen LogP contribution in [-0.2, 0) is 0 Å². The first-order valence-corrected chi connectivity index (χ1v) is 7.60. The van der Waals surface area contributed by atoms with Gasteiger partial charge < -0.3 is 0 Å². The van der Waals surface area contributed by atoms with Gasteiger partial charge in [-0.05, 0) is 0 Å². The molecular formula is C9H22AlCl. The zero-order valence-electron chi connectivity index (χ0n) is 8.23. The summed E-state index contributed by atoms with van der Waals surface area (Å²) in [4.78, 5) is 0. The van der Waals surface area contributed by atoms with Crippen LogP contribution in [0.1, 0.15) is 39.5 Å². The fourth-order valence-electron chi connectivity index (χ4n) is 1.25. The van der Waals surface area contributed by atoms with Gasteiger partial charge in [-0.3, -0.25) is 0 Å². The highest BCUT2D eigenvalue weighted by molar-refractivity contribution is 6.57. The largest absolute Gasteiger partial charge is 0.258 e. The molecule has 0 heterocycles. The van der Waals surface area contributed by atoms with Crippen LogP contribution < -0.4 is 0 Å². The minimum absolute atomic E-state index is 0. The van der Waals surface area contributed by atoms with Crippen molar-refractivity contribution in [3.8, 4) is 0 Å². The number of hydrogen-bond donors (Lipinski definition) is 0. The molecule has 0 fully saturated rings. The second-order valence-electron chi connectivity index (χ2n) is 3.39. The molecule has 0 bridgehead atoms. The number of hydrogen-bond acceptors (Lipinski definition) is 0. The van der Waals surface area contributed by atoms with E-state index >= 15 is 0 Å². The third-order valence-corrected chi connectivity index (χ3v) is 4.89. The lowest BCUT2D eigenvalue weighted by atomic mass is 10.4. The van der Waals surface area contributed by atoms with Crippen LogP contribution >= 0.6 is 12.4 Å². The van der Waals surface area contributed by atoms with Crippen molar-refractivity contribution in [2.75, 3.05) is 0 Å². The molecule has 0 aliphatic carbocycles. The Balaban J connectivity index is 0. The van der Waals surface area contributed by atoms with Crippen LogP contribution in [0.2, 0.25) is 16.4 Å². The van der Waals surface area contributed by atoms with Gasteiger partial charge in [-0.25, -0.2) is 0 Å². The van der Waals surface area contributed by atoms with Gasteiger partial charge in [0.15, 0.2) is 0 Å². The molecule has 0 saturated carbocycles. The van der Waals surface area contributed by atoms with E-state index in [2.05, 4.69) is 19.6 Å². The van der Waals surface area contributed by atoms with Gasteiger partial charge in [0.25, 0.3) is 14.1 Å².